The van der Waals surface area contributed by atoms with Gasteiger partial charge in [-0.15, -0.1) is 0 Å². The van der Waals surface area contributed by atoms with Crippen LogP contribution in [-0.4, -0.2) is 35.5 Å². The number of rotatable bonds is 4. The number of hydrogen-bond donors (Lipinski definition) is 2. The molecular weight excluding hydrogens is 364 g/mol. The molecule has 4 rings (SSSR count). The molecule has 0 aromatic rings. The predicted octanol–water partition coefficient (Wildman–Crippen LogP) is 4.41. The number of fused-ring (bicyclic) bond motifs is 5. The third-order valence-electron chi connectivity index (χ3n) is 9.36. The van der Waals surface area contributed by atoms with Crippen LogP contribution in [-0.2, 0) is 9.53 Å². The minimum atomic E-state index is -0.442. The van der Waals surface area contributed by atoms with E-state index in [1.807, 2.05) is 0 Å². The van der Waals surface area contributed by atoms with Crippen LogP contribution in [0.2, 0.25) is 0 Å². The molecule has 0 unspecified atom stereocenters. The number of hydrogen-bond acceptors (Lipinski definition) is 4. The van der Waals surface area contributed by atoms with E-state index in [9.17, 15) is 15.0 Å². The lowest BCUT2D eigenvalue weighted by Gasteiger charge is -2.59. The highest BCUT2D eigenvalue weighted by molar-refractivity contribution is 5.69. The Hall–Kier alpha value is -1.13. The molecule has 2 N–H and O–H groups in total. The van der Waals surface area contributed by atoms with Gasteiger partial charge < -0.3 is 14.9 Å². The Morgan fingerprint density at radius 1 is 1.24 bits per heavy atom. The van der Waals surface area contributed by atoms with Crippen LogP contribution in [0.25, 0.3) is 0 Å². The molecule has 0 bridgehead atoms. The predicted molar refractivity (Wildman–Crippen MR) is 113 cm³/mol. The number of esters is 1. The van der Waals surface area contributed by atoms with Crippen LogP contribution in [0.15, 0.2) is 23.3 Å². The van der Waals surface area contributed by atoms with Crippen LogP contribution < -0.4 is 0 Å². The van der Waals surface area contributed by atoms with E-state index in [1.165, 1.54) is 12.7 Å². The summed E-state index contributed by atoms with van der Waals surface area (Å²) in [5.41, 5.74) is 2.87. The molecule has 0 amide bonds. The van der Waals surface area contributed by atoms with E-state index in [4.69, 9.17) is 4.74 Å². The molecule has 0 heterocycles. The molecule has 4 aliphatic carbocycles. The van der Waals surface area contributed by atoms with Crippen molar-refractivity contribution in [3.05, 3.63) is 23.3 Å². The van der Waals surface area contributed by atoms with Gasteiger partial charge in [-0.3, -0.25) is 4.79 Å². The summed E-state index contributed by atoms with van der Waals surface area (Å²) in [5, 5.41) is 21.2. The summed E-state index contributed by atoms with van der Waals surface area (Å²) >= 11 is 0. The van der Waals surface area contributed by atoms with Crippen molar-refractivity contribution in [3.8, 4) is 0 Å². The number of methoxy groups -OCH3 is 1. The first kappa shape index (κ1) is 21.1. The average molecular weight is 403 g/mol. The first-order chi connectivity index (χ1) is 13.7. The van der Waals surface area contributed by atoms with Crippen molar-refractivity contribution in [2.75, 3.05) is 7.11 Å². The lowest BCUT2D eigenvalue weighted by Crippen LogP contribution is -2.55. The second kappa shape index (κ2) is 7.53. The Bertz CT molecular complexity index is 724. The summed E-state index contributed by atoms with van der Waals surface area (Å²) < 4.78 is 4.84. The van der Waals surface area contributed by atoms with Crippen LogP contribution in [0.3, 0.4) is 0 Å². The van der Waals surface area contributed by atoms with Gasteiger partial charge in [0.1, 0.15) is 0 Å². The second-order valence-electron chi connectivity index (χ2n) is 10.6. The van der Waals surface area contributed by atoms with Gasteiger partial charge in [-0.2, -0.15) is 0 Å². The van der Waals surface area contributed by atoms with E-state index in [1.54, 1.807) is 5.57 Å². The number of allylic oxidation sites excluding steroid dienone is 3. The molecule has 2 fully saturated rings. The standard InChI is InChI=1S/C25H38O4/c1-15(5-10-23(28)29-4)19-8-9-20-18-7-6-16-13-17(26)14-22(27)25(16,3)21(18)11-12-24(19,20)2/h6,8,15,17-18,20-22,26-27H,5,7,9-14H2,1-4H3/t15-,17-,18+,20+,21+,22+,24-,25+/m1/s1. The molecule has 0 aromatic carbocycles. The van der Waals surface area contributed by atoms with E-state index >= 15 is 0 Å². The van der Waals surface area contributed by atoms with Crippen molar-refractivity contribution in [1.82, 2.24) is 0 Å². The molecule has 4 aliphatic rings. The molecule has 4 nitrogen and oxygen atoms in total. The fraction of sp³-hybridized carbons (Fsp3) is 0.800. The highest BCUT2D eigenvalue weighted by Gasteiger charge is 2.59. The Kier molecular flexibility index (Phi) is 5.48. The highest BCUT2D eigenvalue weighted by atomic mass is 16.5. The molecule has 0 radical (unpaired) electrons. The maximum Gasteiger partial charge on any atom is 0.305 e. The van der Waals surface area contributed by atoms with Crippen molar-refractivity contribution in [1.29, 1.82) is 0 Å². The summed E-state index contributed by atoms with van der Waals surface area (Å²) in [6.07, 6.45) is 11.1. The minimum absolute atomic E-state index is 0.118. The van der Waals surface area contributed by atoms with Crippen molar-refractivity contribution < 1.29 is 19.7 Å². The van der Waals surface area contributed by atoms with Gasteiger partial charge in [0.15, 0.2) is 0 Å². The Balaban J connectivity index is 1.55. The number of carbonyl (C=O) groups is 1. The highest BCUT2D eigenvalue weighted by Crippen LogP contribution is 2.65. The summed E-state index contributed by atoms with van der Waals surface area (Å²) in [6, 6.07) is 0. The molecule has 8 atom stereocenters. The summed E-state index contributed by atoms with van der Waals surface area (Å²) in [7, 11) is 1.46. The number of ether oxygens (including phenoxy) is 1. The van der Waals surface area contributed by atoms with Crippen LogP contribution >= 0.6 is 0 Å². The monoisotopic (exact) mass is 402 g/mol. The fourth-order valence-corrected chi connectivity index (χ4v) is 7.66. The van der Waals surface area contributed by atoms with E-state index in [0.29, 0.717) is 36.5 Å². The summed E-state index contributed by atoms with van der Waals surface area (Å²) in [4.78, 5) is 11.6. The normalized spacial score (nSPS) is 44.7. The van der Waals surface area contributed by atoms with E-state index in [-0.39, 0.29) is 16.8 Å². The maximum absolute atomic E-state index is 11.6. The zero-order valence-electron chi connectivity index (χ0n) is 18.5. The fourth-order valence-electron chi connectivity index (χ4n) is 7.66. The van der Waals surface area contributed by atoms with Crippen LogP contribution in [0.1, 0.15) is 72.1 Å². The molecule has 162 valence electrons. The average Bonchev–Trinajstić information content (AvgIpc) is 3.04. The van der Waals surface area contributed by atoms with Gasteiger partial charge in [-0.25, -0.2) is 0 Å². The van der Waals surface area contributed by atoms with E-state index in [0.717, 1.165) is 38.5 Å². The van der Waals surface area contributed by atoms with Gasteiger partial charge in [-0.1, -0.05) is 44.1 Å². The number of carbonyl (C=O) groups excluding carboxylic acids is 1. The van der Waals surface area contributed by atoms with Crippen LogP contribution in [0, 0.1) is 34.5 Å². The summed E-state index contributed by atoms with van der Waals surface area (Å²) in [6.45, 7) is 6.97. The number of aliphatic hydroxyl groups is 2. The Morgan fingerprint density at radius 3 is 2.72 bits per heavy atom. The molecule has 0 saturated heterocycles. The maximum atomic E-state index is 11.6. The molecule has 0 aliphatic heterocycles. The zero-order chi connectivity index (χ0) is 21.0. The summed E-state index contributed by atoms with van der Waals surface area (Å²) in [5.74, 6) is 1.99. The third-order valence-corrected chi connectivity index (χ3v) is 9.36. The van der Waals surface area contributed by atoms with Crippen LogP contribution in [0.4, 0.5) is 0 Å². The minimum Gasteiger partial charge on any atom is -0.469 e. The molecular formula is C25H38O4. The smallest absolute Gasteiger partial charge is 0.305 e. The largest absolute Gasteiger partial charge is 0.469 e. The first-order valence-corrected chi connectivity index (χ1v) is 11.5. The van der Waals surface area contributed by atoms with Crippen molar-refractivity contribution >= 4 is 5.97 Å². The Labute approximate surface area is 175 Å². The quantitative estimate of drug-likeness (QED) is 0.540. The first-order valence-electron chi connectivity index (χ1n) is 11.5. The van der Waals surface area contributed by atoms with Gasteiger partial charge in [0.05, 0.1) is 19.3 Å². The molecule has 0 spiro atoms. The molecule has 29 heavy (non-hydrogen) atoms. The molecule has 0 aromatic heterocycles. The van der Waals surface area contributed by atoms with Crippen molar-refractivity contribution in [2.24, 2.45) is 34.5 Å². The van der Waals surface area contributed by atoms with Gasteiger partial charge in [0.2, 0.25) is 0 Å². The van der Waals surface area contributed by atoms with E-state index in [2.05, 4.69) is 32.9 Å². The van der Waals surface area contributed by atoms with Crippen LogP contribution in [0.5, 0.6) is 0 Å². The van der Waals surface area contributed by atoms with Gasteiger partial charge in [0.25, 0.3) is 0 Å². The molecule has 4 heteroatoms. The van der Waals surface area contributed by atoms with Crippen molar-refractivity contribution in [3.63, 3.8) is 0 Å². The number of aliphatic hydroxyl groups excluding tert-OH is 2. The van der Waals surface area contributed by atoms with E-state index < -0.39 is 12.2 Å². The Morgan fingerprint density at radius 2 is 2.00 bits per heavy atom. The van der Waals surface area contributed by atoms with Gasteiger partial charge in [0, 0.05) is 18.3 Å². The SMILES string of the molecule is COC(=O)CC[C@@H](C)C1=CC[C@H]2[C@@H]3CC=C4C[C@@H](O)C[C@H](O)[C@]4(C)[C@H]3CC[C@]12C. The lowest BCUT2D eigenvalue weighted by atomic mass is 9.46. The third kappa shape index (κ3) is 3.22. The lowest BCUT2D eigenvalue weighted by molar-refractivity contribution is -0.140. The molecule has 2 saturated carbocycles. The second-order valence-corrected chi connectivity index (χ2v) is 10.6. The zero-order valence-corrected chi connectivity index (χ0v) is 18.5. The van der Waals surface area contributed by atoms with Gasteiger partial charge >= 0.3 is 5.97 Å². The van der Waals surface area contributed by atoms with Gasteiger partial charge in [-0.05, 0) is 67.6 Å². The van der Waals surface area contributed by atoms with Crippen molar-refractivity contribution in [2.45, 2.75) is 84.3 Å². The topological polar surface area (TPSA) is 66.8 Å².